The molecule has 0 aromatic carbocycles. The zero-order valence-electron chi connectivity index (χ0n) is 10.4. The molecule has 5 nitrogen and oxygen atoms in total. The average Bonchev–Trinajstić information content (AvgIpc) is 2.75. The molecule has 0 radical (unpaired) electrons. The summed E-state index contributed by atoms with van der Waals surface area (Å²) in [4.78, 5) is 4.33. The first-order valence-corrected chi connectivity index (χ1v) is 5.69. The number of nitrogens with zero attached hydrogens (tertiary/aromatic N) is 2. The fraction of sp³-hybridized carbons (Fsp3) is 0.818. The standard InChI is InChI=1S/C11H21N3O2/c1-5-9(12)8(3)11-13-10(14-16-11)6-7(2)15-4/h7-9H,5-6,12H2,1-4H3. The van der Waals surface area contributed by atoms with Crippen molar-refractivity contribution in [2.75, 3.05) is 7.11 Å². The predicted octanol–water partition coefficient (Wildman–Crippen LogP) is 1.49. The van der Waals surface area contributed by atoms with Gasteiger partial charge in [0.1, 0.15) is 0 Å². The molecule has 0 saturated heterocycles. The van der Waals surface area contributed by atoms with Crippen molar-refractivity contribution in [3.05, 3.63) is 11.7 Å². The first-order valence-electron chi connectivity index (χ1n) is 5.69. The lowest BCUT2D eigenvalue weighted by Crippen LogP contribution is -2.25. The molecule has 2 N–H and O–H groups in total. The third kappa shape index (κ3) is 3.28. The quantitative estimate of drug-likeness (QED) is 0.797. The summed E-state index contributed by atoms with van der Waals surface area (Å²) in [5, 5.41) is 3.92. The summed E-state index contributed by atoms with van der Waals surface area (Å²) in [7, 11) is 1.67. The van der Waals surface area contributed by atoms with Crippen molar-refractivity contribution in [2.45, 2.75) is 51.7 Å². The van der Waals surface area contributed by atoms with Gasteiger partial charge < -0.3 is 15.0 Å². The van der Waals surface area contributed by atoms with Crippen molar-refractivity contribution >= 4 is 0 Å². The van der Waals surface area contributed by atoms with Crippen LogP contribution in [0.25, 0.3) is 0 Å². The van der Waals surface area contributed by atoms with Gasteiger partial charge in [0, 0.05) is 19.6 Å². The smallest absolute Gasteiger partial charge is 0.231 e. The van der Waals surface area contributed by atoms with Crippen molar-refractivity contribution in [3.8, 4) is 0 Å². The lowest BCUT2D eigenvalue weighted by atomic mass is 10.0. The maximum Gasteiger partial charge on any atom is 0.231 e. The van der Waals surface area contributed by atoms with Crippen LogP contribution in [0.1, 0.15) is 44.8 Å². The van der Waals surface area contributed by atoms with E-state index in [-0.39, 0.29) is 18.1 Å². The average molecular weight is 227 g/mol. The number of hydrogen-bond donors (Lipinski definition) is 1. The highest BCUT2D eigenvalue weighted by Gasteiger charge is 2.20. The third-order valence-electron chi connectivity index (χ3n) is 2.86. The molecule has 0 bridgehead atoms. The topological polar surface area (TPSA) is 74.2 Å². The molecule has 1 heterocycles. The molecule has 1 aromatic rings. The molecular weight excluding hydrogens is 206 g/mol. The Morgan fingerprint density at radius 2 is 2.12 bits per heavy atom. The van der Waals surface area contributed by atoms with Crippen LogP contribution in [0, 0.1) is 0 Å². The maximum absolute atomic E-state index is 5.93. The Balaban J connectivity index is 2.63. The third-order valence-corrected chi connectivity index (χ3v) is 2.86. The van der Waals surface area contributed by atoms with Crippen molar-refractivity contribution < 1.29 is 9.26 Å². The van der Waals surface area contributed by atoms with Gasteiger partial charge in [0.15, 0.2) is 5.82 Å². The second kappa shape index (κ2) is 5.96. The van der Waals surface area contributed by atoms with Gasteiger partial charge in [-0.1, -0.05) is 19.0 Å². The van der Waals surface area contributed by atoms with E-state index in [0.29, 0.717) is 18.1 Å². The van der Waals surface area contributed by atoms with Crippen molar-refractivity contribution in [3.63, 3.8) is 0 Å². The highest BCUT2D eigenvalue weighted by molar-refractivity contribution is 4.97. The highest BCUT2D eigenvalue weighted by atomic mass is 16.5. The molecule has 5 heteroatoms. The minimum absolute atomic E-state index is 0.0631. The number of ether oxygens (including phenoxy) is 1. The van der Waals surface area contributed by atoms with E-state index in [1.165, 1.54) is 0 Å². The Kier molecular flexibility index (Phi) is 4.89. The van der Waals surface area contributed by atoms with Crippen LogP contribution in [-0.2, 0) is 11.2 Å². The Bertz CT molecular complexity index is 314. The summed E-state index contributed by atoms with van der Waals surface area (Å²) in [6, 6.07) is 0.0631. The summed E-state index contributed by atoms with van der Waals surface area (Å²) in [6.07, 6.45) is 1.65. The Labute approximate surface area is 96.4 Å². The molecule has 1 aromatic heterocycles. The van der Waals surface area contributed by atoms with E-state index in [1.807, 2.05) is 20.8 Å². The van der Waals surface area contributed by atoms with Crippen LogP contribution < -0.4 is 5.73 Å². The molecule has 0 amide bonds. The Morgan fingerprint density at radius 1 is 1.44 bits per heavy atom. The van der Waals surface area contributed by atoms with Gasteiger partial charge in [-0.25, -0.2) is 0 Å². The normalized spacial score (nSPS) is 17.1. The van der Waals surface area contributed by atoms with E-state index in [1.54, 1.807) is 7.11 Å². The number of rotatable bonds is 6. The molecule has 16 heavy (non-hydrogen) atoms. The molecule has 0 aliphatic rings. The second-order valence-electron chi connectivity index (χ2n) is 4.16. The molecule has 0 saturated carbocycles. The van der Waals surface area contributed by atoms with Gasteiger partial charge >= 0.3 is 0 Å². The Hall–Kier alpha value is -0.940. The van der Waals surface area contributed by atoms with E-state index >= 15 is 0 Å². The van der Waals surface area contributed by atoms with E-state index < -0.39 is 0 Å². The molecular formula is C11H21N3O2. The van der Waals surface area contributed by atoms with Gasteiger partial charge in [0.25, 0.3) is 0 Å². The summed E-state index contributed by atoms with van der Waals surface area (Å²) in [5.41, 5.74) is 5.93. The fourth-order valence-electron chi connectivity index (χ4n) is 1.41. The van der Waals surface area contributed by atoms with E-state index in [4.69, 9.17) is 15.0 Å². The summed E-state index contributed by atoms with van der Waals surface area (Å²) in [5.74, 6) is 1.40. The number of hydrogen-bond acceptors (Lipinski definition) is 5. The van der Waals surface area contributed by atoms with Gasteiger partial charge in [0.2, 0.25) is 5.89 Å². The Morgan fingerprint density at radius 3 is 2.69 bits per heavy atom. The highest BCUT2D eigenvalue weighted by Crippen LogP contribution is 2.18. The predicted molar refractivity (Wildman–Crippen MR) is 61.2 cm³/mol. The molecule has 3 unspecified atom stereocenters. The first kappa shape index (κ1) is 13.1. The van der Waals surface area contributed by atoms with Crippen LogP contribution in [0.3, 0.4) is 0 Å². The first-order chi connectivity index (χ1) is 7.58. The van der Waals surface area contributed by atoms with Crippen LogP contribution in [0.15, 0.2) is 4.52 Å². The molecule has 1 rings (SSSR count). The lowest BCUT2D eigenvalue weighted by molar-refractivity contribution is 0.116. The van der Waals surface area contributed by atoms with E-state index in [2.05, 4.69) is 10.1 Å². The lowest BCUT2D eigenvalue weighted by Gasteiger charge is -2.13. The maximum atomic E-state index is 5.93. The summed E-state index contributed by atoms with van der Waals surface area (Å²) >= 11 is 0. The van der Waals surface area contributed by atoms with Gasteiger partial charge in [-0.05, 0) is 13.3 Å². The zero-order chi connectivity index (χ0) is 12.1. The van der Waals surface area contributed by atoms with Crippen molar-refractivity contribution in [2.24, 2.45) is 5.73 Å². The minimum atomic E-state index is 0.0631. The van der Waals surface area contributed by atoms with Crippen molar-refractivity contribution in [1.82, 2.24) is 10.1 Å². The molecule has 0 aliphatic carbocycles. The van der Waals surface area contributed by atoms with E-state index in [0.717, 1.165) is 6.42 Å². The minimum Gasteiger partial charge on any atom is -0.381 e. The van der Waals surface area contributed by atoms with Crippen LogP contribution in [0.2, 0.25) is 0 Å². The zero-order valence-corrected chi connectivity index (χ0v) is 10.4. The number of aromatic nitrogens is 2. The summed E-state index contributed by atoms with van der Waals surface area (Å²) < 4.78 is 10.3. The monoisotopic (exact) mass is 227 g/mol. The summed E-state index contributed by atoms with van der Waals surface area (Å²) in [6.45, 7) is 6.02. The van der Waals surface area contributed by atoms with Gasteiger partial charge in [0.05, 0.1) is 12.0 Å². The van der Waals surface area contributed by atoms with Crippen LogP contribution >= 0.6 is 0 Å². The fourth-order valence-corrected chi connectivity index (χ4v) is 1.41. The molecule has 0 aliphatic heterocycles. The van der Waals surface area contributed by atoms with Gasteiger partial charge in [-0.3, -0.25) is 0 Å². The van der Waals surface area contributed by atoms with Gasteiger partial charge in [-0.15, -0.1) is 0 Å². The van der Waals surface area contributed by atoms with Crippen LogP contribution in [0.5, 0.6) is 0 Å². The van der Waals surface area contributed by atoms with E-state index in [9.17, 15) is 0 Å². The molecule has 0 fully saturated rings. The molecule has 0 spiro atoms. The van der Waals surface area contributed by atoms with Crippen LogP contribution in [-0.4, -0.2) is 29.4 Å². The van der Waals surface area contributed by atoms with Gasteiger partial charge in [-0.2, -0.15) is 4.98 Å². The molecule has 92 valence electrons. The number of methoxy groups -OCH3 is 1. The van der Waals surface area contributed by atoms with Crippen LogP contribution in [0.4, 0.5) is 0 Å². The van der Waals surface area contributed by atoms with Crippen molar-refractivity contribution in [1.29, 1.82) is 0 Å². The second-order valence-corrected chi connectivity index (χ2v) is 4.16. The largest absolute Gasteiger partial charge is 0.381 e. The molecule has 3 atom stereocenters. The SMILES string of the molecule is CCC(N)C(C)c1nc(CC(C)OC)no1. The number of nitrogens with two attached hydrogens (primary N) is 1.